The van der Waals surface area contributed by atoms with Crippen LogP contribution in [-0.4, -0.2) is 19.6 Å². The van der Waals surface area contributed by atoms with Crippen LogP contribution in [0.25, 0.3) is 0 Å². The van der Waals surface area contributed by atoms with Gasteiger partial charge < -0.3 is 10.5 Å². The summed E-state index contributed by atoms with van der Waals surface area (Å²) in [6.45, 7) is 5.16. The summed E-state index contributed by atoms with van der Waals surface area (Å²) < 4.78 is 4.74. The van der Waals surface area contributed by atoms with E-state index in [0.717, 1.165) is 25.7 Å². The summed E-state index contributed by atoms with van der Waals surface area (Å²) in [4.78, 5) is 11.3. The number of nitrogens with two attached hydrogens (primary N) is 1. The van der Waals surface area contributed by atoms with E-state index in [2.05, 4.69) is 13.8 Å². The van der Waals surface area contributed by atoms with E-state index in [1.54, 1.807) is 0 Å². The number of carbonyl (C=O) groups excluding carboxylic acids is 1. The van der Waals surface area contributed by atoms with Gasteiger partial charge in [-0.05, 0) is 43.1 Å². The van der Waals surface area contributed by atoms with Crippen LogP contribution in [0.2, 0.25) is 0 Å². The van der Waals surface area contributed by atoms with Crippen LogP contribution in [-0.2, 0) is 9.53 Å². The molecular weight excluding hydrogens is 190 g/mol. The predicted molar refractivity (Wildman–Crippen MR) is 60.4 cm³/mol. The minimum absolute atomic E-state index is 0.00259. The molecule has 3 nitrogen and oxygen atoms in total. The number of esters is 1. The van der Waals surface area contributed by atoms with Gasteiger partial charge in [-0.1, -0.05) is 13.8 Å². The molecule has 1 fully saturated rings. The molecule has 0 saturated heterocycles. The summed E-state index contributed by atoms with van der Waals surface area (Å²) in [6.07, 6.45) is 4.88. The third-order valence-electron chi connectivity index (χ3n) is 3.84. The highest BCUT2D eigenvalue weighted by Gasteiger charge is 2.38. The van der Waals surface area contributed by atoms with E-state index in [0.29, 0.717) is 18.4 Å². The van der Waals surface area contributed by atoms with Crippen molar-refractivity contribution in [1.82, 2.24) is 0 Å². The molecule has 0 aromatic heterocycles. The number of methoxy groups -OCH3 is 1. The quantitative estimate of drug-likeness (QED) is 0.730. The molecule has 0 heterocycles. The molecule has 1 aliphatic carbocycles. The summed E-state index contributed by atoms with van der Waals surface area (Å²) in [7, 11) is 1.44. The number of hydrogen-bond acceptors (Lipinski definition) is 3. The zero-order chi connectivity index (χ0) is 11.5. The summed E-state index contributed by atoms with van der Waals surface area (Å²) in [6, 6.07) is 0. The molecule has 0 spiro atoms. The van der Waals surface area contributed by atoms with Gasteiger partial charge in [0.05, 0.1) is 13.5 Å². The highest BCUT2D eigenvalue weighted by molar-refractivity contribution is 5.70. The first kappa shape index (κ1) is 12.5. The van der Waals surface area contributed by atoms with Crippen molar-refractivity contribution in [2.24, 2.45) is 16.6 Å². The van der Waals surface area contributed by atoms with Crippen LogP contribution < -0.4 is 5.73 Å². The smallest absolute Gasteiger partial charge is 0.306 e. The van der Waals surface area contributed by atoms with Crippen LogP contribution in [0.4, 0.5) is 0 Å². The average molecular weight is 213 g/mol. The fraction of sp³-hybridized carbons (Fsp3) is 0.917. The second-order valence-electron chi connectivity index (χ2n) is 5.62. The van der Waals surface area contributed by atoms with Crippen LogP contribution in [0.5, 0.6) is 0 Å². The van der Waals surface area contributed by atoms with Gasteiger partial charge in [-0.3, -0.25) is 4.79 Å². The molecule has 1 saturated carbocycles. The Kier molecular flexibility index (Phi) is 3.77. The molecule has 0 amide bonds. The fourth-order valence-electron chi connectivity index (χ4n) is 2.29. The van der Waals surface area contributed by atoms with E-state index < -0.39 is 0 Å². The van der Waals surface area contributed by atoms with Crippen LogP contribution in [0.1, 0.15) is 46.0 Å². The molecule has 0 radical (unpaired) electrons. The van der Waals surface area contributed by atoms with Crippen molar-refractivity contribution < 1.29 is 9.53 Å². The highest BCUT2D eigenvalue weighted by Crippen LogP contribution is 2.46. The van der Waals surface area contributed by atoms with Gasteiger partial charge in [0.15, 0.2) is 0 Å². The van der Waals surface area contributed by atoms with Gasteiger partial charge >= 0.3 is 5.97 Å². The lowest BCUT2D eigenvalue weighted by Gasteiger charge is -2.42. The van der Waals surface area contributed by atoms with Crippen LogP contribution in [0.3, 0.4) is 0 Å². The average Bonchev–Trinajstić information content (AvgIpc) is 2.22. The predicted octanol–water partition coefficient (Wildman–Crippen LogP) is 2.09. The molecule has 0 aromatic carbocycles. The van der Waals surface area contributed by atoms with E-state index in [-0.39, 0.29) is 11.4 Å². The van der Waals surface area contributed by atoms with E-state index in [9.17, 15) is 4.79 Å². The lowest BCUT2D eigenvalue weighted by atomic mass is 9.64. The molecule has 15 heavy (non-hydrogen) atoms. The van der Waals surface area contributed by atoms with Crippen molar-refractivity contribution in [3.63, 3.8) is 0 Å². The monoisotopic (exact) mass is 213 g/mol. The van der Waals surface area contributed by atoms with Crippen molar-refractivity contribution >= 4 is 5.97 Å². The molecule has 0 bridgehead atoms. The van der Waals surface area contributed by atoms with Gasteiger partial charge in [0.1, 0.15) is 0 Å². The molecule has 2 N–H and O–H groups in total. The molecule has 0 aromatic rings. The Morgan fingerprint density at radius 3 is 2.20 bits per heavy atom. The Morgan fingerprint density at radius 2 is 1.80 bits per heavy atom. The second kappa shape index (κ2) is 4.52. The van der Waals surface area contributed by atoms with E-state index in [1.165, 1.54) is 7.11 Å². The maximum atomic E-state index is 11.3. The summed E-state index contributed by atoms with van der Waals surface area (Å²) in [5, 5.41) is 0. The maximum Gasteiger partial charge on any atom is 0.306 e. The maximum absolute atomic E-state index is 11.3. The largest absolute Gasteiger partial charge is 0.469 e. The first-order chi connectivity index (χ1) is 6.93. The number of rotatable bonds is 3. The number of carbonyl (C=O) groups is 1. The molecule has 3 heteroatoms. The Balaban J connectivity index is 2.60. The standard InChI is InChI=1S/C12H23NO2/c1-11(2)4-6-12(9-13,7-5-11)8-10(14)15-3/h4-9,13H2,1-3H3. The van der Waals surface area contributed by atoms with Crippen molar-refractivity contribution in [2.75, 3.05) is 13.7 Å². The van der Waals surface area contributed by atoms with Crippen molar-refractivity contribution in [3.8, 4) is 0 Å². The van der Waals surface area contributed by atoms with E-state index in [4.69, 9.17) is 10.5 Å². The lowest BCUT2D eigenvalue weighted by Crippen LogP contribution is -2.39. The Bertz CT molecular complexity index is 226. The fourth-order valence-corrected chi connectivity index (χ4v) is 2.29. The van der Waals surface area contributed by atoms with E-state index in [1.807, 2.05) is 0 Å². The van der Waals surface area contributed by atoms with Crippen LogP contribution in [0, 0.1) is 10.8 Å². The van der Waals surface area contributed by atoms with Crippen molar-refractivity contribution in [3.05, 3.63) is 0 Å². The SMILES string of the molecule is COC(=O)CC1(CN)CCC(C)(C)CC1. The molecular formula is C12H23NO2. The number of ether oxygens (including phenoxy) is 1. The van der Waals surface area contributed by atoms with Gasteiger partial charge in [-0.25, -0.2) is 0 Å². The Morgan fingerprint density at radius 1 is 1.27 bits per heavy atom. The third-order valence-corrected chi connectivity index (χ3v) is 3.84. The zero-order valence-corrected chi connectivity index (χ0v) is 10.1. The van der Waals surface area contributed by atoms with Gasteiger partial charge in [-0.2, -0.15) is 0 Å². The molecule has 1 rings (SSSR count). The molecule has 0 atom stereocenters. The summed E-state index contributed by atoms with van der Waals surface area (Å²) in [5.74, 6) is -0.125. The lowest BCUT2D eigenvalue weighted by molar-refractivity contribution is -0.144. The van der Waals surface area contributed by atoms with Crippen molar-refractivity contribution in [2.45, 2.75) is 46.0 Å². The van der Waals surface area contributed by atoms with Gasteiger partial charge in [0.2, 0.25) is 0 Å². The number of hydrogen-bond donors (Lipinski definition) is 1. The zero-order valence-electron chi connectivity index (χ0n) is 10.1. The topological polar surface area (TPSA) is 52.3 Å². The van der Waals surface area contributed by atoms with Gasteiger partial charge in [0, 0.05) is 0 Å². The Hall–Kier alpha value is -0.570. The molecule has 1 aliphatic rings. The molecule has 0 unspecified atom stereocenters. The molecule has 0 aliphatic heterocycles. The molecule has 88 valence electrons. The van der Waals surface area contributed by atoms with Gasteiger partial charge in [0.25, 0.3) is 0 Å². The van der Waals surface area contributed by atoms with Crippen LogP contribution >= 0.6 is 0 Å². The highest BCUT2D eigenvalue weighted by atomic mass is 16.5. The Labute approximate surface area is 92.4 Å². The van der Waals surface area contributed by atoms with Crippen molar-refractivity contribution in [1.29, 1.82) is 0 Å². The minimum atomic E-state index is -0.125. The van der Waals surface area contributed by atoms with Crippen LogP contribution in [0.15, 0.2) is 0 Å². The third kappa shape index (κ3) is 3.20. The van der Waals surface area contributed by atoms with E-state index >= 15 is 0 Å². The minimum Gasteiger partial charge on any atom is -0.469 e. The first-order valence-electron chi connectivity index (χ1n) is 5.70. The first-order valence-corrected chi connectivity index (χ1v) is 5.70. The summed E-state index contributed by atoms with van der Waals surface area (Å²) in [5.41, 5.74) is 6.24. The normalized spacial score (nSPS) is 23.5. The second-order valence-corrected chi connectivity index (χ2v) is 5.62. The van der Waals surface area contributed by atoms with Gasteiger partial charge in [-0.15, -0.1) is 0 Å². The summed E-state index contributed by atoms with van der Waals surface area (Å²) >= 11 is 0.